The molecule has 0 unspecified atom stereocenters. The quantitative estimate of drug-likeness (QED) is 0.441. The van der Waals surface area contributed by atoms with E-state index in [1.165, 1.54) is 12.1 Å². The Labute approximate surface area is 78.4 Å². The van der Waals surface area contributed by atoms with Crippen LogP contribution < -0.4 is 0 Å². The fourth-order valence-electron chi connectivity index (χ4n) is 0.550. The Morgan fingerprint density at radius 1 is 1.20 bits per heavy atom. The van der Waals surface area contributed by atoms with Gasteiger partial charge >= 0.3 is 0 Å². The summed E-state index contributed by atoms with van der Waals surface area (Å²) in [5, 5.41) is 10.0. The van der Waals surface area contributed by atoms with Crippen LogP contribution in [0.1, 0.15) is 0 Å². The Kier molecular flexibility index (Phi) is 4.17. The van der Waals surface area contributed by atoms with Crippen molar-refractivity contribution < 1.29 is 4.92 Å². The van der Waals surface area contributed by atoms with E-state index in [4.69, 9.17) is 0 Å². The van der Waals surface area contributed by atoms with Crippen LogP contribution in [0.25, 0.3) is 0 Å². The summed E-state index contributed by atoms with van der Waals surface area (Å²) in [4.78, 5) is 9.59. The molecule has 3 nitrogen and oxygen atoms in total. The number of non-ortho nitro benzene ring substituents is 1. The van der Waals surface area contributed by atoms with Gasteiger partial charge in [0.2, 0.25) is 0 Å². The van der Waals surface area contributed by atoms with Crippen LogP contribution in [0.3, 0.4) is 0 Å². The van der Waals surface area contributed by atoms with Crippen LogP contribution in [0.5, 0.6) is 0 Å². The van der Waals surface area contributed by atoms with Crippen molar-refractivity contribution in [1.82, 2.24) is 0 Å². The molecule has 1 aromatic rings. The molecule has 0 saturated heterocycles. The molecular formula is C6H5NO2Pb. The molecule has 0 bridgehead atoms. The van der Waals surface area contributed by atoms with Crippen LogP contribution in [-0.4, -0.2) is 32.2 Å². The van der Waals surface area contributed by atoms with Crippen LogP contribution in [0.15, 0.2) is 30.3 Å². The second kappa shape index (κ2) is 4.37. The zero-order chi connectivity index (χ0) is 6.69. The van der Waals surface area contributed by atoms with E-state index in [0.717, 1.165) is 0 Å². The molecule has 1 aromatic carbocycles. The first-order chi connectivity index (χ1) is 4.30. The van der Waals surface area contributed by atoms with Crippen molar-refractivity contribution in [2.75, 3.05) is 0 Å². The van der Waals surface area contributed by atoms with Crippen LogP contribution in [0.2, 0.25) is 0 Å². The normalized spacial score (nSPS) is 8.00. The van der Waals surface area contributed by atoms with E-state index in [0.29, 0.717) is 0 Å². The summed E-state index contributed by atoms with van der Waals surface area (Å²) in [5.41, 5.74) is 0.137. The van der Waals surface area contributed by atoms with Gasteiger partial charge in [0.1, 0.15) is 0 Å². The fraction of sp³-hybridized carbons (Fsp3) is 0. The minimum atomic E-state index is -0.417. The Morgan fingerprint density at radius 2 is 1.70 bits per heavy atom. The average molecular weight is 330 g/mol. The van der Waals surface area contributed by atoms with E-state index >= 15 is 0 Å². The van der Waals surface area contributed by atoms with Gasteiger partial charge in [-0.3, -0.25) is 10.1 Å². The van der Waals surface area contributed by atoms with Gasteiger partial charge < -0.3 is 0 Å². The topological polar surface area (TPSA) is 43.1 Å². The summed E-state index contributed by atoms with van der Waals surface area (Å²) in [6.07, 6.45) is 0. The summed E-state index contributed by atoms with van der Waals surface area (Å²) >= 11 is 0. The molecule has 0 aliphatic carbocycles. The monoisotopic (exact) mass is 331 g/mol. The molecule has 0 aliphatic rings. The number of benzene rings is 1. The maximum Gasteiger partial charge on any atom is 0.269 e. The van der Waals surface area contributed by atoms with Crippen molar-refractivity contribution in [2.45, 2.75) is 0 Å². The summed E-state index contributed by atoms with van der Waals surface area (Å²) in [6, 6.07) is 7.93. The second-order valence-corrected chi connectivity index (χ2v) is 1.59. The van der Waals surface area contributed by atoms with Gasteiger partial charge in [-0.25, -0.2) is 0 Å². The van der Waals surface area contributed by atoms with Gasteiger partial charge in [0.15, 0.2) is 0 Å². The molecule has 4 heteroatoms. The van der Waals surface area contributed by atoms with Crippen molar-refractivity contribution in [3.05, 3.63) is 40.4 Å². The Balaban J connectivity index is 0.000000810. The Bertz CT molecular complexity index is 212. The maximum atomic E-state index is 10.0. The van der Waals surface area contributed by atoms with E-state index in [2.05, 4.69) is 0 Å². The first-order valence-electron chi connectivity index (χ1n) is 2.50. The molecular weight excluding hydrogens is 325 g/mol. The summed E-state index contributed by atoms with van der Waals surface area (Å²) in [7, 11) is 0. The van der Waals surface area contributed by atoms with Crippen molar-refractivity contribution in [2.24, 2.45) is 0 Å². The number of para-hydroxylation sites is 1. The van der Waals surface area contributed by atoms with Gasteiger partial charge in [0, 0.05) is 39.4 Å². The zero-order valence-electron chi connectivity index (χ0n) is 5.15. The van der Waals surface area contributed by atoms with E-state index in [1.807, 2.05) is 0 Å². The first kappa shape index (κ1) is 9.54. The second-order valence-electron chi connectivity index (χ2n) is 1.59. The third-order valence-electron chi connectivity index (χ3n) is 0.967. The van der Waals surface area contributed by atoms with Crippen molar-refractivity contribution in [1.29, 1.82) is 0 Å². The van der Waals surface area contributed by atoms with Gasteiger partial charge in [0.05, 0.1) is 4.92 Å². The van der Waals surface area contributed by atoms with Gasteiger partial charge in [-0.15, -0.1) is 0 Å². The molecule has 0 fully saturated rings. The minimum Gasteiger partial charge on any atom is -0.258 e. The SMILES string of the molecule is O=[N+]([O-])c1ccccc1.[Pb]. The van der Waals surface area contributed by atoms with Crippen molar-refractivity contribution in [3.63, 3.8) is 0 Å². The van der Waals surface area contributed by atoms with Gasteiger partial charge in [-0.05, 0) is 0 Å². The maximum absolute atomic E-state index is 10.0. The number of rotatable bonds is 1. The third kappa shape index (κ3) is 2.42. The van der Waals surface area contributed by atoms with Gasteiger partial charge in [-0.2, -0.15) is 0 Å². The summed E-state index contributed by atoms with van der Waals surface area (Å²) < 4.78 is 0. The van der Waals surface area contributed by atoms with E-state index in [9.17, 15) is 10.1 Å². The molecule has 0 heterocycles. The molecule has 0 amide bonds. The molecule has 50 valence electrons. The number of hydrogen-bond donors (Lipinski definition) is 0. The number of nitro groups is 1. The molecule has 0 atom stereocenters. The Morgan fingerprint density at radius 3 is 2.00 bits per heavy atom. The van der Waals surface area contributed by atoms with Crippen LogP contribution in [-0.2, 0) is 0 Å². The first-order valence-corrected chi connectivity index (χ1v) is 2.50. The largest absolute Gasteiger partial charge is 0.269 e. The van der Waals surface area contributed by atoms with E-state index in [1.54, 1.807) is 18.2 Å². The number of nitrogens with zero attached hydrogens (tertiary/aromatic N) is 1. The summed E-state index contributed by atoms with van der Waals surface area (Å²) in [5.74, 6) is 0. The van der Waals surface area contributed by atoms with E-state index in [-0.39, 0.29) is 33.0 Å². The number of hydrogen-bond acceptors (Lipinski definition) is 2. The molecule has 0 aromatic heterocycles. The fourth-order valence-corrected chi connectivity index (χ4v) is 0.550. The molecule has 1 rings (SSSR count). The summed E-state index contributed by atoms with van der Waals surface area (Å²) in [6.45, 7) is 0. The molecule has 0 N–H and O–H groups in total. The predicted octanol–water partition coefficient (Wildman–Crippen LogP) is 1.21. The molecule has 4 radical (unpaired) electrons. The third-order valence-corrected chi connectivity index (χ3v) is 0.967. The smallest absolute Gasteiger partial charge is 0.258 e. The molecule has 0 aliphatic heterocycles. The van der Waals surface area contributed by atoms with Crippen molar-refractivity contribution >= 4 is 33.0 Å². The Hall–Kier alpha value is -0.458. The number of nitro benzene ring substituents is 1. The predicted molar refractivity (Wildman–Crippen MR) is 38.9 cm³/mol. The minimum absolute atomic E-state index is 0. The molecule has 0 spiro atoms. The standard InChI is InChI=1S/C6H5NO2.Pb/c8-7(9)6-4-2-1-3-5-6;/h1-5H;. The van der Waals surface area contributed by atoms with Crippen LogP contribution in [0, 0.1) is 10.1 Å². The van der Waals surface area contributed by atoms with Gasteiger partial charge in [0.25, 0.3) is 5.69 Å². The zero-order valence-corrected chi connectivity index (χ0v) is 9.04. The van der Waals surface area contributed by atoms with Gasteiger partial charge in [-0.1, -0.05) is 18.2 Å². The van der Waals surface area contributed by atoms with Crippen LogP contribution >= 0.6 is 0 Å². The molecule has 0 saturated carbocycles. The van der Waals surface area contributed by atoms with Crippen molar-refractivity contribution in [3.8, 4) is 0 Å². The average Bonchev–Trinajstić information content (AvgIpc) is 1.90. The van der Waals surface area contributed by atoms with E-state index < -0.39 is 4.92 Å². The molecule has 10 heavy (non-hydrogen) atoms. The van der Waals surface area contributed by atoms with Crippen LogP contribution in [0.4, 0.5) is 5.69 Å².